The molecule has 5 heteroatoms. The van der Waals surface area contributed by atoms with E-state index < -0.39 is 10.0 Å². The SMILES string of the molecule is CC(C)NCCCCS(=O)(=O)N(C)C1CCCCCC1. The highest BCUT2D eigenvalue weighted by molar-refractivity contribution is 7.89. The van der Waals surface area contributed by atoms with Crippen LogP contribution in [0, 0.1) is 0 Å². The van der Waals surface area contributed by atoms with E-state index >= 15 is 0 Å². The van der Waals surface area contributed by atoms with Crippen molar-refractivity contribution in [3.8, 4) is 0 Å². The van der Waals surface area contributed by atoms with Crippen molar-refractivity contribution in [1.29, 1.82) is 0 Å². The third-order valence-corrected chi connectivity index (χ3v) is 6.14. The maximum Gasteiger partial charge on any atom is 0.214 e. The van der Waals surface area contributed by atoms with Gasteiger partial charge in [0.25, 0.3) is 0 Å². The summed E-state index contributed by atoms with van der Waals surface area (Å²) in [6.45, 7) is 5.12. The summed E-state index contributed by atoms with van der Waals surface area (Å²) in [4.78, 5) is 0. The van der Waals surface area contributed by atoms with Gasteiger partial charge in [-0.1, -0.05) is 39.5 Å². The van der Waals surface area contributed by atoms with Crippen LogP contribution in [-0.4, -0.2) is 44.2 Å². The van der Waals surface area contributed by atoms with E-state index in [-0.39, 0.29) is 6.04 Å². The van der Waals surface area contributed by atoms with Crippen molar-refractivity contribution in [3.63, 3.8) is 0 Å². The van der Waals surface area contributed by atoms with Crippen molar-refractivity contribution >= 4 is 10.0 Å². The van der Waals surface area contributed by atoms with E-state index in [1.807, 2.05) is 0 Å². The largest absolute Gasteiger partial charge is 0.315 e. The molecule has 0 unspecified atom stereocenters. The number of nitrogens with one attached hydrogen (secondary N) is 1. The summed E-state index contributed by atoms with van der Waals surface area (Å²) >= 11 is 0. The molecule has 1 fully saturated rings. The van der Waals surface area contributed by atoms with E-state index in [1.165, 1.54) is 25.7 Å². The fourth-order valence-electron chi connectivity index (χ4n) is 2.79. The molecule has 4 nitrogen and oxygen atoms in total. The lowest BCUT2D eigenvalue weighted by atomic mass is 10.1. The van der Waals surface area contributed by atoms with Gasteiger partial charge < -0.3 is 5.32 Å². The Labute approximate surface area is 125 Å². The first-order chi connectivity index (χ1) is 9.43. The highest BCUT2D eigenvalue weighted by Crippen LogP contribution is 2.23. The average Bonchev–Trinajstić information content (AvgIpc) is 2.65. The zero-order valence-corrected chi connectivity index (χ0v) is 14.2. The van der Waals surface area contributed by atoms with Gasteiger partial charge in [0.1, 0.15) is 0 Å². The summed E-state index contributed by atoms with van der Waals surface area (Å²) in [6, 6.07) is 0.705. The van der Waals surface area contributed by atoms with Crippen LogP contribution < -0.4 is 5.32 Å². The quantitative estimate of drug-likeness (QED) is 0.554. The van der Waals surface area contributed by atoms with Crippen molar-refractivity contribution in [2.24, 2.45) is 0 Å². The first kappa shape index (κ1) is 17.9. The maximum atomic E-state index is 12.3. The van der Waals surface area contributed by atoms with Gasteiger partial charge in [-0.3, -0.25) is 0 Å². The van der Waals surface area contributed by atoms with Crippen molar-refractivity contribution in [3.05, 3.63) is 0 Å². The molecule has 0 atom stereocenters. The van der Waals surface area contributed by atoms with E-state index in [1.54, 1.807) is 11.4 Å². The highest BCUT2D eigenvalue weighted by atomic mass is 32.2. The van der Waals surface area contributed by atoms with Crippen molar-refractivity contribution in [2.75, 3.05) is 19.3 Å². The Bertz CT molecular complexity index is 347. The first-order valence-electron chi connectivity index (χ1n) is 8.12. The molecule has 0 amide bonds. The molecule has 1 aliphatic rings. The summed E-state index contributed by atoms with van der Waals surface area (Å²) < 4.78 is 26.4. The second-order valence-corrected chi connectivity index (χ2v) is 8.44. The molecular weight excluding hydrogens is 272 g/mol. The first-order valence-corrected chi connectivity index (χ1v) is 9.73. The fraction of sp³-hybridized carbons (Fsp3) is 1.00. The number of rotatable bonds is 8. The third-order valence-electron chi connectivity index (χ3n) is 4.16. The predicted octanol–water partition coefficient (Wildman–Crippen LogP) is 2.75. The lowest BCUT2D eigenvalue weighted by molar-refractivity contribution is 0.335. The van der Waals surface area contributed by atoms with E-state index in [2.05, 4.69) is 19.2 Å². The molecule has 0 aromatic rings. The Morgan fingerprint density at radius 2 is 1.70 bits per heavy atom. The van der Waals surface area contributed by atoms with Crippen LogP contribution in [0.5, 0.6) is 0 Å². The van der Waals surface area contributed by atoms with Crippen LogP contribution in [0.2, 0.25) is 0 Å². The zero-order chi connectivity index (χ0) is 15.0. The van der Waals surface area contributed by atoms with Gasteiger partial charge in [0.15, 0.2) is 0 Å². The van der Waals surface area contributed by atoms with Crippen LogP contribution in [0.3, 0.4) is 0 Å². The average molecular weight is 305 g/mol. The Kier molecular flexibility index (Phi) is 8.07. The van der Waals surface area contributed by atoms with Crippen molar-refractivity contribution in [1.82, 2.24) is 9.62 Å². The molecule has 0 saturated heterocycles. The van der Waals surface area contributed by atoms with Crippen LogP contribution in [0.15, 0.2) is 0 Å². The summed E-state index contributed by atoms with van der Waals surface area (Å²) in [6.07, 6.45) is 8.59. The third kappa shape index (κ3) is 6.55. The van der Waals surface area contributed by atoms with Gasteiger partial charge in [0, 0.05) is 19.1 Å². The molecule has 0 aromatic carbocycles. The normalized spacial score (nSPS) is 18.6. The molecule has 1 rings (SSSR count). The lowest BCUT2D eigenvalue weighted by Crippen LogP contribution is -2.38. The van der Waals surface area contributed by atoms with Crippen LogP contribution in [0.25, 0.3) is 0 Å². The standard InChI is InChI=1S/C15H32N2O2S/c1-14(2)16-12-8-9-13-20(18,19)17(3)15-10-6-4-5-7-11-15/h14-16H,4-13H2,1-3H3. The Morgan fingerprint density at radius 1 is 1.10 bits per heavy atom. The summed E-state index contributed by atoms with van der Waals surface area (Å²) in [7, 11) is -1.30. The molecule has 0 aromatic heterocycles. The molecule has 120 valence electrons. The van der Waals surface area contributed by atoms with Crippen LogP contribution in [0.1, 0.15) is 65.2 Å². The van der Waals surface area contributed by atoms with E-state index in [9.17, 15) is 8.42 Å². The minimum atomic E-state index is -3.07. The van der Waals surface area contributed by atoms with Gasteiger partial charge in [0.2, 0.25) is 10.0 Å². The minimum absolute atomic E-state index is 0.233. The number of nitrogens with zero attached hydrogens (tertiary/aromatic N) is 1. The summed E-state index contributed by atoms with van der Waals surface area (Å²) in [5, 5.41) is 3.32. The van der Waals surface area contributed by atoms with Crippen LogP contribution in [-0.2, 0) is 10.0 Å². The van der Waals surface area contributed by atoms with Crippen LogP contribution in [0.4, 0.5) is 0 Å². The van der Waals surface area contributed by atoms with Gasteiger partial charge in [-0.25, -0.2) is 12.7 Å². The van der Waals surface area contributed by atoms with Crippen LogP contribution >= 0.6 is 0 Å². The number of sulfonamides is 1. The lowest BCUT2D eigenvalue weighted by Gasteiger charge is -2.26. The summed E-state index contributed by atoms with van der Waals surface area (Å²) in [5.41, 5.74) is 0. The molecule has 1 aliphatic carbocycles. The second-order valence-electron chi connectivity index (χ2n) is 6.29. The van der Waals surface area contributed by atoms with E-state index in [4.69, 9.17) is 0 Å². The molecule has 1 N–H and O–H groups in total. The predicted molar refractivity (Wildman–Crippen MR) is 85.4 cm³/mol. The second kappa shape index (κ2) is 9.00. The monoisotopic (exact) mass is 304 g/mol. The molecule has 0 aliphatic heterocycles. The van der Waals surface area contributed by atoms with Gasteiger partial charge in [-0.05, 0) is 32.2 Å². The summed E-state index contributed by atoms with van der Waals surface area (Å²) in [5.74, 6) is 0.291. The van der Waals surface area contributed by atoms with Gasteiger partial charge in [0.05, 0.1) is 5.75 Å². The van der Waals surface area contributed by atoms with Crippen molar-refractivity contribution in [2.45, 2.75) is 77.3 Å². The van der Waals surface area contributed by atoms with Crippen molar-refractivity contribution < 1.29 is 8.42 Å². The van der Waals surface area contributed by atoms with E-state index in [0.29, 0.717) is 11.8 Å². The Balaban J connectivity index is 2.34. The molecule has 0 heterocycles. The van der Waals surface area contributed by atoms with Gasteiger partial charge >= 0.3 is 0 Å². The zero-order valence-electron chi connectivity index (χ0n) is 13.4. The molecule has 0 bridgehead atoms. The van der Waals surface area contributed by atoms with Gasteiger partial charge in [-0.15, -0.1) is 0 Å². The number of hydrogen-bond donors (Lipinski definition) is 1. The van der Waals surface area contributed by atoms with E-state index in [0.717, 1.165) is 32.2 Å². The molecule has 20 heavy (non-hydrogen) atoms. The Morgan fingerprint density at radius 3 is 2.25 bits per heavy atom. The minimum Gasteiger partial charge on any atom is -0.315 e. The number of unbranched alkanes of at least 4 members (excludes halogenated alkanes) is 1. The fourth-order valence-corrected chi connectivity index (χ4v) is 4.31. The van der Waals surface area contributed by atoms with Gasteiger partial charge in [-0.2, -0.15) is 0 Å². The molecule has 0 radical (unpaired) electrons. The molecular formula is C15H32N2O2S. The number of hydrogen-bond acceptors (Lipinski definition) is 3. The molecule has 0 spiro atoms. The topological polar surface area (TPSA) is 49.4 Å². The smallest absolute Gasteiger partial charge is 0.214 e. The molecule has 1 saturated carbocycles. The highest BCUT2D eigenvalue weighted by Gasteiger charge is 2.26. The maximum absolute atomic E-state index is 12.3. The Hall–Kier alpha value is -0.130.